The van der Waals surface area contributed by atoms with Gasteiger partial charge in [0.2, 0.25) is 0 Å². The molecule has 0 spiro atoms. The molecule has 8 nitrogen and oxygen atoms in total. The van der Waals surface area contributed by atoms with Crippen molar-refractivity contribution in [2.24, 2.45) is 0 Å². The van der Waals surface area contributed by atoms with Crippen LogP contribution in [0.25, 0.3) is 0 Å². The molecule has 0 saturated carbocycles. The Balaban J connectivity index is 1.97. The van der Waals surface area contributed by atoms with Gasteiger partial charge in [-0.05, 0) is 11.4 Å². The fourth-order valence-corrected chi connectivity index (χ4v) is 2.46. The van der Waals surface area contributed by atoms with Gasteiger partial charge in [0.15, 0.2) is 5.69 Å². The van der Waals surface area contributed by atoms with Crippen LogP contribution in [-0.2, 0) is 16.1 Å². The van der Waals surface area contributed by atoms with Crippen LogP contribution >= 0.6 is 11.3 Å². The van der Waals surface area contributed by atoms with Gasteiger partial charge in [-0.2, -0.15) is 0 Å². The number of ether oxygens (including phenoxy) is 1. The smallest absolute Gasteiger partial charge is 0.326 e. The lowest BCUT2D eigenvalue weighted by Gasteiger charge is -2.12. The number of aromatic nitrogens is 3. The van der Waals surface area contributed by atoms with Crippen LogP contribution in [0.1, 0.15) is 21.8 Å². The van der Waals surface area contributed by atoms with Crippen molar-refractivity contribution in [1.29, 1.82) is 0 Å². The maximum absolute atomic E-state index is 12.0. The third kappa shape index (κ3) is 4.37. The second kappa shape index (κ2) is 7.66. The Hall–Kier alpha value is -2.26. The molecule has 0 radical (unpaired) electrons. The first-order valence-corrected chi connectivity index (χ1v) is 7.43. The lowest BCUT2D eigenvalue weighted by molar-refractivity contribution is -0.139. The summed E-state index contributed by atoms with van der Waals surface area (Å²) in [7, 11) is 1.47. The summed E-state index contributed by atoms with van der Waals surface area (Å²) >= 11 is 1.58. The van der Waals surface area contributed by atoms with Gasteiger partial charge in [-0.15, -0.1) is 16.4 Å². The highest BCUT2D eigenvalue weighted by atomic mass is 32.1. The van der Waals surface area contributed by atoms with Crippen molar-refractivity contribution in [2.45, 2.75) is 19.0 Å². The Bertz CT molecular complexity index is 626. The number of rotatable bonds is 8. The van der Waals surface area contributed by atoms with Crippen LogP contribution in [0.2, 0.25) is 0 Å². The molecule has 0 fully saturated rings. The highest BCUT2D eigenvalue weighted by Gasteiger charge is 2.22. The van der Waals surface area contributed by atoms with Crippen molar-refractivity contribution in [3.63, 3.8) is 0 Å². The maximum atomic E-state index is 12.0. The lowest BCUT2D eigenvalue weighted by Crippen LogP contribution is -2.41. The summed E-state index contributed by atoms with van der Waals surface area (Å²) in [5.74, 6) is -1.68. The third-order valence-electron chi connectivity index (χ3n) is 2.88. The molecular formula is C13H16N4O4S. The van der Waals surface area contributed by atoms with Crippen LogP contribution in [0.15, 0.2) is 23.7 Å². The molecule has 118 valence electrons. The molecule has 0 aromatic carbocycles. The van der Waals surface area contributed by atoms with Crippen molar-refractivity contribution in [3.05, 3.63) is 34.3 Å². The zero-order valence-electron chi connectivity index (χ0n) is 11.9. The van der Waals surface area contributed by atoms with Gasteiger partial charge in [0.1, 0.15) is 6.04 Å². The predicted molar refractivity (Wildman–Crippen MR) is 78.8 cm³/mol. The number of aliphatic carboxylic acids is 1. The Kier molecular flexibility index (Phi) is 5.61. The van der Waals surface area contributed by atoms with Crippen molar-refractivity contribution < 1.29 is 19.4 Å². The molecule has 1 atom stereocenters. The van der Waals surface area contributed by atoms with Gasteiger partial charge in [-0.25, -0.2) is 9.48 Å². The molecular weight excluding hydrogens is 308 g/mol. The van der Waals surface area contributed by atoms with E-state index in [1.165, 1.54) is 18.0 Å². The normalized spacial score (nSPS) is 12.0. The monoisotopic (exact) mass is 324 g/mol. The van der Waals surface area contributed by atoms with Gasteiger partial charge in [0, 0.05) is 25.0 Å². The Morgan fingerprint density at radius 2 is 2.36 bits per heavy atom. The van der Waals surface area contributed by atoms with E-state index in [0.29, 0.717) is 6.54 Å². The Morgan fingerprint density at radius 1 is 1.55 bits per heavy atom. The molecule has 1 amide bonds. The molecule has 22 heavy (non-hydrogen) atoms. The fraction of sp³-hybridized carbons (Fsp3) is 0.385. The van der Waals surface area contributed by atoms with Gasteiger partial charge >= 0.3 is 5.97 Å². The molecule has 0 aliphatic heterocycles. The second-order valence-corrected chi connectivity index (χ2v) is 5.56. The van der Waals surface area contributed by atoms with E-state index in [0.717, 1.165) is 4.88 Å². The van der Waals surface area contributed by atoms with Crippen molar-refractivity contribution >= 4 is 23.2 Å². The Morgan fingerprint density at radius 3 is 3.00 bits per heavy atom. The van der Waals surface area contributed by atoms with Crippen LogP contribution < -0.4 is 5.32 Å². The molecule has 2 aromatic heterocycles. The van der Waals surface area contributed by atoms with Crippen LogP contribution in [0.5, 0.6) is 0 Å². The summed E-state index contributed by atoms with van der Waals surface area (Å²) < 4.78 is 6.36. The van der Waals surface area contributed by atoms with Crippen molar-refractivity contribution in [1.82, 2.24) is 20.3 Å². The van der Waals surface area contributed by atoms with Gasteiger partial charge in [-0.1, -0.05) is 11.3 Å². The zero-order valence-corrected chi connectivity index (χ0v) is 12.7. The van der Waals surface area contributed by atoms with Crippen LogP contribution in [-0.4, -0.2) is 51.7 Å². The summed E-state index contributed by atoms with van der Waals surface area (Å²) in [5.41, 5.74) is 0.0835. The van der Waals surface area contributed by atoms with Gasteiger partial charge in [-0.3, -0.25) is 4.79 Å². The number of carboxylic acid groups (broad SMARTS) is 1. The first kappa shape index (κ1) is 16.1. The number of carbonyl (C=O) groups excluding carboxylic acids is 1. The summed E-state index contributed by atoms with van der Waals surface area (Å²) in [6, 6.07) is 2.87. The summed E-state index contributed by atoms with van der Waals surface area (Å²) in [5, 5.41) is 21.1. The number of nitrogens with one attached hydrogen (secondary N) is 1. The molecule has 2 N–H and O–H groups in total. The molecule has 0 saturated heterocycles. The summed E-state index contributed by atoms with van der Waals surface area (Å²) in [6.07, 6.45) is 1.67. The first-order chi connectivity index (χ1) is 10.6. The highest BCUT2D eigenvalue weighted by molar-refractivity contribution is 7.09. The van der Waals surface area contributed by atoms with Gasteiger partial charge < -0.3 is 15.2 Å². The molecule has 1 unspecified atom stereocenters. The highest BCUT2D eigenvalue weighted by Crippen LogP contribution is 2.10. The van der Waals surface area contributed by atoms with E-state index in [-0.39, 0.29) is 18.7 Å². The van der Waals surface area contributed by atoms with E-state index in [2.05, 4.69) is 15.6 Å². The zero-order chi connectivity index (χ0) is 15.9. The molecule has 2 rings (SSSR count). The third-order valence-corrected chi connectivity index (χ3v) is 3.74. The number of carboxylic acids is 1. The van der Waals surface area contributed by atoms with Gasteiger partial charge in [0.25, 0.3) is 5.91 Å². The molecule has 0 aliphatic rings. The summed E-state index contributed by atoms with van der Waals surface area (Å²) in [4.78, 5) is 24.2. The molecule has 0 bridgehead atoms. The maximum Gasteiger partial charge on any atom is 0.326 e. The number of thiophene rings is 1. The fourth-order valence-electron chi connectivity index (χ4n) is 1.77. The van der Waals surface area contributed by atoms with Crippen molar-refractivity contribution in [2.75, 3.05) is 13.7 Å². The number of nitrogens with zero attached hydrogens (tertiary/aromatic N) is 3. The molecule has 9 heteroatoms. The predicted octanol–water partition coefficient (Wildman–Crippen LogP) is 0.607. The van der Waals surface area contributed by atoms with Crippen LogP contribution in [0, 0.1) is 0 Å². The first-order valence-electron chi connectivity index (χ1n) is 6.55. The summed E-state index contributed by atoms with van der Waals surface area (Å²) in [6.45, 7) is 0.756. The standard InChI is InChI=1S/C13H16N4O4S/c1-21-5-4-10(13(19)20)14-12(18)11-8-17(16-15-11)7-9-3-2-6-22-9/h2-3,6,8,10H,4-5,7H2,1H3,(H,14,18)(H,19,20). The van der Waals surface area contributed by atoms with Gasteiger partial charge in [0.05, 0.1) is 12.7 Å². The van der Waals surface area contributed by atoms with Crippen LogP contribution in [0.3, 0.4) is 0 Å². The van der Waals surface area contributed by atoms with E-state index >= 15 is 0 Å². The van der Waals surface area contributed by atoms with E-state index < -0.39 is 17.9 Å². The van der Waals surface area contributed by atoms with E-state index in [9.17, 15) is 9.59 Å². The molecule has 2 heterocycles. The minimum Gasteiger partial charge on any atom is -0.480 e. The lowest BCUT2D eigenvalue weighted by atomic mass is 10.2. The van der Waals surface area contributed by atoms with E-state index in [1.807, 2.05) is 17.5 Å². The average molecular weight is 324 g/mol. The quantitative estimate of drug-likeness (QED) is 0.737. The number of methoxy groups -OCH3 is 1. The average Bonchev–Trinajstić information content (AvgIpc) is 3.15. The SMILES string of the molecule is COCCC(NC(=O)c1cn(Cc2cccs2)nn1)C(=O)O. The molecule has 2 aromatic rings. The number of amides is 1. The minimum absolute atomic E-state index is 0.0835. The number of hydrogen-bond donors (Lipinski definition) is 2. The largest absolute Gasteiger partial charge is 0.480 e. The van der Waals surface area contributed by atoms with Crippen LogP contribution in [0.4, 0.5) is 0 Å². The number of hydrogen-bond acceptors (Lipinski definition) is 6. The van der Waals surface area contributed by atoms with E-state index in [1.54, 1.807) is 11.3 Å². The second-order valence-electron chi connectivity index (χ2n) is 4.53. The Labute approximate surface area is 130 Å². The molecule has 0 aliphatic carbocycles. The van der Waals surface area contributed by atoms with Crippen molar-refractivity contribution in [3.8, 4) is 0 Å². The van der Waals surface area contributed by atoms with E-state index in [4.69, 9.17) is 9.84 Å². The minimum atomic E-state index is -1.11. The number of carbonyl (C=O) groups is 2. The topological polar surface area (TPSA) is 106 Å².